The Hall–Kier alpha value is -1.45. The molecular weight excluding hydrogens is 219 g/mol. The van der Waals surface area contributed by atoms with Gasteiger partial charge in [0.05, 0.1) is 0 Å². The molecule has 16 heavy (non-hydrogen) atoms. The average Bonchev–Trinajstić information content (AvgIpc) is 2.21. The second-order valence-electron chi connectivity index (χ2n) is 2.83. The summed E-state index contributed by atoms with van der Waals surface area (Å²) in [5.41, 5.74) is 8.66. The molecule has 0 atom stereocenters. The first kappa shape index (κ1) is 14.6. The number of nitrogens with two attached hydrogens (primary N) is 1. The van der Waals surface area contributed by atoms with Crippen LogP contribution in [0, 0.1) is 0 Å². The van der Waals surface area contributed by atoms with Crippen molar-refractivity contribution in [1.82, 2.24) is 0 Å². The molecule has 0 spiro atoms. The number of alkyl halides is 3. The number of hydrogen-bond acceptors (Lipinski definition) is 2. The Bertz CT molecular complexity index is 323. The number of rotatable bonds is 5. The molecule has 0 aliphatic carbocycles. The van der Waals surface area contributed by atoms with E-state index in [4.69, 9.17) is 5.73 Å². The normalized spacial score (nSPS) is 12.7. The van der Waals surface area contributed by atoms with E-state index >= 15 is 0 Å². The van der Waals surface area contributed by atoms with Gasteiger partial charge in [0.25, 0.3) is 0 Å². The maximum atomic E-state index is 11.9. The smallest absolute Gasteiger partial charge is 0.406 e. The lowest BCUT2D eigenvalue weighted by molar-refractivity contribution is -0.303. The van der Waals surface area contributed by atoms with E-state index in [-0.39, 0.29) is 12.3 Å². The Morgan fingerprint density at radius 3 is 2.50 bits per heavy atom. The van der Waals surface area contributed by atoms with Gasteiger partial charge in [0.15, 0.2) is 0 Å². The van der Waals surface area contributed by atoms with Gasteiger partial charge >= 0.3 is 6.36 Å². The Morgan fingerprint density at radius 1 is 1.50 bits per heavy atom. The molecule has 0 rings (SSSR count). The van der Waals surface area contributed by atoms with E-state index in [2.05, 4.69) is 17.0 Å². The van der Waals surface area contributed by atoms with Crippen LogP contribution in [0.5, 0.6) is 0 Å². The summed E-state index contributed by atoms with van der Waals surface area (Å²) in [6.45, 7) is 5.14. The van der Waals surface area contributed by atoms with Crippen LogP contribution in [-0.4, -0.2) is 12.9 Å². The maximum Gasteiger partial charge on any atom is 0.573 e. The molecule has 0 saturated carbocycles. The fraction of sp³-hybridized carbons (Fsp3) is 0.364. The van der Waals surface area contributed by atoms with Gasteiger partial charge in [-0.3, -0.25) is 0 Å². The van der Waals surface area contributed by atoms with Crippen molar-refractivity contribution < 1.29 is 17.9 Å². The number of halogens is 3. The highest BCUT2D eigenvalue weighted by Crippen LogP contribution is 2.21. The molecule has 0 unspecified atom stereocenters. The van der Waals surface area contributed by atoms with Gasteiger partial charge in [-0.2, -0.15) is 0 Å². The van der Waals surface area contributed by atoms with Crippen LogP contribution in [0.2, 0.25) is 0 Å². The number of allylic oxidation sites excluding steroid dienone is 3. The van der Waals surface area contributed by atoms with Crippen LogP contribution >= 0.6 is 0 Å². The molecule has 5 heteroatoms. The minimum absolute atomic E-state index is 0.257. The molecular formula is C11H14F3NO. The Balaban J connectivity index is 4.35. The Labute approximate surface area is 92.6 Å². The van der Waals surface area contributed by atoms with Gasteiger partial charge in [-0.25, -0.2) is 0 Å². The number of ether oxygens (including phenoxy) is 1. The standard InChI is InChI=1S/C11H14F3NO/c1-3-9(8-15)6-5-7-10(4-2)16-11(12,13)14/h4-5,7H,1,6,8,15H2,2H3. The first-order valence-electron chi connectivity index (χ1n) is 4.59. The monoisotopic (exact) mass is 233 g/mol. The van der Waals surface area contributed by atoms with Crippen LogP contribution < -0.4 is 5.73 Å². The van der Waals surface area contributed by atoms with Crippen molar-refractivity contribution in [3.8, 4) is 0 Å². The molecule has 0 amide bonds. The summed E-state index contributed by atoms with van der Waals surface area (Å²) in [5.74, 6) is -0.257. The van der Waals surface area contributed by atoms with Crippen molar-refractivity contribution in [1.29, 1.82) is 0 Å². The molecule has 2 nitrogen and oxygen atoms in total. The molecule has 0 aliphatic rings. The SMILES string of the molecule is C=C=C(CN)CC=CC(=CC)OC(F)(F)F. The molecule has 0 aliphatic heterocycles. The average molecular weight is 233 g/mol. The number of hydrogen-bond donors (Lipinski definition) is 1. The van der Waals surface area contributed by atoms with Crippen molar-refractivity contribution in [3.05, 3.63) is 41.9 Å². The highest BCUT2D eigenvalue weighted by molar-refractivity contribution is 5.15. The minimum atomic E-state index is -4.67. The second-order valence-corrected chi connectivity index (χ2v) is 2.83. The Morgan fingerprint density at radius 2 is 2.12 bits per heavy atom. The molecule has 0 saturated heterocycles. The fourth-order valence-electron chi connectivity index (χ4n) is 0.868. The summed E-state index contributed by atoms with van der Waals surface area (Å²) in [4.78, 5) is 0. The lowest BCUT2D eigenvalue weighted by Crippen LogP contribution is -2.11. The zero-order valence-electron chi connectivity index (χ0n) is 8.97. The van der Waals surface area contributed by atoms with Crippen molar-refractivity contribution in [2.75, 3.05) is 6.54 Å². The molecule has 0 aromatic rings. The first-order chi connectivity index (χ1) is 7.42. The van der Waals surface area contributed by atoms with Crippen molar-refractivity contribution >= 4 is 0 Å². The molecule has 0 aromatic carbocycles. The van der Waals surface area contributed by atoms with Crippen molar-refractivity contribution in [2.45, 2.75) is 19.7 Å². The molecule has 0 bridgehead atoms. The topological polar surface area (TPSA) is 35.2 Å². The van der Waals surface area contributed by atoms with E-state index in [9.17, 15) is 13.2 Å². The first-order valence-corrected chi connectivity index (χ1v) is 4.59. The lowest BCUT2D eigenvalue weighted by atomic mass is 10.2. The predicted molar refractivity (Wildman–Crippen MR) is 56.4 cm³/mol. The van der Waals surface area contributed by atoms with E-state index in [1.807, 2.05) is 0 Å². The van der Waals surface area contributed by atoms with Gasteiger partial charge in [0, 0.05) is 6.54 Å². The van der Waals surface area contributed by atoms with Gasteiger partial charge < -0.3 is 10.5 Å². The summed E-state index contributed by atoms with van der Waals surface area (Å²) in [5, 5.41) is 0. The van der Waals surface area contributed by atoms with Crippen LogP contribution in [0.1, 0.15) is 13.3 Å². The van der Waals surface area contributed by atoms with Gasteiger partial charge in [-0.1, -0.05) is 12.7 Å². The van der Waals surface area contributed by atoms with Gasteiger partial charge in [0.1, 0.15) is 5.76 Å². The van der Waals surface area contributed by atoms with Gasteiger partial charge in [-0.15, -0.1) is 18.9 Å². The van der Waals surface area contributed by atoms with Crippen LogP contribution in [0.25, 0.3) is 0 Å². The highest BCUT2D eigenvalue weighted by Gasteiger charge is 2.31. The van der Waals surface area contributed by atoms with Crippen molar-refractivity contribution in [2.24, 2.45) is 5.73 Å². The Kier molecular flexibility index (Phi) is 6.30. The molecule has 0 radical (unpaired) electrons. The third kappa shape index (κ3) is 6.92. The summed E-state index contributed by atoms with van der Waals surface area (Å²) >= 11 is 0. The molecule has 2 N–H and O–H groups in total. The van der Waals surface area contributed by atoms with Crippen LogP contribution in [0.4, 0.5) is 13.2 Å². The predicted octanol–water partition coefficient (Wildman–Crippen LogP) is 3.04. The lowest BCUT2D eigenvalue weighted by Gasteiger charge is -2.08. The second kappa shape index (κ2) is 6.93. The quantitative estimate of drug-likeness (QED) is 0.450. The van der Waals surface area contributed by atoms with Gasteiger partial charge in [0.2, 0.25) is 0 Å². The largest absolute Gasteiger partial charge is 0.573 e. The zero-order chi connectivity index (χ0) is 12.6. The van der Waals surface area contributed by atoms with Crippen LogP contribution in [0.15, 0.2) is 41.9 Å². The third-order valence-corrected chi connectivity index (χ3v) is 1.66. The minimum Gasteiger partial charge on any atom is -0.406 e. The third-order valence-electron chi connectivity index (χ3n) is 1.66. The van der Waals surface area contributed by atoms with Crippen molar-refractivity contribution in [3.63, 3.8) is 0 Å². The summed E-state index contributed by atoms with van der Waals surface area (Å²) in [7, 11) is 0. The van der Waals surface area contributed by atoms with Crippen LogP contribution in [0.3, 0.4) is 0 Å². The van der Waals surface area contributed by atoms with E-state index in [1.54, 1.807) is 0 Å². The van der Waals surface area contributed by atoms with E-state index in [1.165, 1.54) is 25.2 Å². The highest BCUT2D eigenvalue weighted by atomic mass is 19.4. The summed E-state index contributed by atoms with van der Waals surface area (Å²) in [6, 6.07) is 0. The van der Waals surface area contributed by atoms with E-state index in [0.29, 0.717) is 6.42 Å². The fourth-order valence-corrected chi connectivity index (χ4v) is 0.868. The molecule has 0 heterocycles. The molecule has 0 fully saturated rings. The van der Waals surface area contributed by atoms with E-state index in [0.717, 1.165) is 5.57 Å². The molecule has 0 aromatic heterocycles. The van der Waals surface area contributed by atoms with E-state index < -0.39 is 6.36 Å². The van der Waals surface area contributed by atoms with Gasteiger partial charge in [-0.05, 0) is 31.1 Å². The maximum absolute atomic E-state index is 11.9. The molecule has 90 valence electrons. The van der Waals surface area contributed by atoms with Crippen LogP contribution in [-0.2, 0) is 4.74 Å². The summed E-state index contributed by atoms with van der Waals surface area (Å²) < 4.78 is 39.3. The zero-order valence-corrected chi connectivity index (χ0v) is 8.97. The summed E-state index contributed by atoms with van der Waals surface area (Å²) in [6.07, 6.45) is -0.290.